The highest BCUT2D eigenvalue weighted by Crippen LogP contribution is 2.21. The summed E-state index contributed by atoms with van der Waals surface area (Å²) in [5, 5.41) is 0. The van der Waals surface area contributed by atoms with Crippen LogP contribution in [0.3, 0.4) is 0 Å². The second kappa shape index (κ2) is 3.96. The summed E-state index contributed by atoms with van der Waals surface area (Å²) in [7, 11) is 1.59. The zero-order chi connectivity index (χ0) is 10.7. The standard InChI is InChI=1S/C11H11N3O/c1-15-11-6-8(4-5-13-11)9-2-3-10(12)14-7-9/h2-7H,1H3,(H2,12,14). The summed E-state index contributed by atoms with van der Waals surface area (Å²) in [5.41, 5.74) is 7.51. The molecule has 0 saturated heterocycles. The highest BCUT2D eigenvalue weighted by Gasteiger charge is 2.00. The van der Waals surface area contributed by atoms with Crippen molar-refractivity contribution in [3.8, 4) is 17.0 Å². The van der Waals surface area contributed by atoms with Gasteiger partial charge < -0.3 is 10.5 Å². The Hall–Kier alpha value is -2.10. The third kappa shape index (κ3) is 2.04. The summed E-state index contributed by atoms with van der Waals surface area (Å²) < 4.78 is 5.04. The zero-order valence-corrected chi connectivity index (χ0v) is 8.34. The maximum Gasteiger partial charge on any atom is 0.213 e. The minimum absolute atomic E-state index is 0.514. The van der Waals surface area contributed by atoms with Crippen LogP contribution in [0.25, 0.3) is 11.1 Å². The van der Waals surface area contributed by atoms with E-state index in [9.17, 15) is 0 Å². The Balaban J connectivity index is 2.40. The number of hydrogen-bond acceptors (Lipinski definition) is 4. The van der Waals surface area contributed by atoms with Gasteiger partial charge in [-0.15, -0.1) is 0 Å². The van der Waals surface area contributed by atoms with E-state index < -0.39 is 0 Å². The van der Waals surface area contributed by atoms with Crippen LogP contribution in [0.1, 0.15) is 0 Å². The van der Waals surface area contributed by atoms with Gasteiger partial charge in [0.25, 0.3) is 0 Å². The van der Waals surface area contributed by atoms with Crippen LogP contribution < -0.4 is 10.5 Å². The summed E-state index contributed by atoms with van der Waals surface area (Å²) in [6, 6.07) is 7.43. The Labute approximate surface area is 87.7 Å². The summed E-state index contributed by atoms with van der Waals surface area (Å²) in [6.07, 6.45) is 3.43. The fourth-order valence-electron chi connectivity index (χ4n) is 1.28. The van der Waals surface area contributed by atoms with E-state index in [1.54, 1.807) is 25.6 Å². The molecule has 4 nitrogen and oxygen atoms in total. The van der Waals surface area contributed by atoms with Gasteiger partial charge >= 0.3 is 0 Å². The number of ether oxygens (including phenoxy) is 1. The first-order chi connectivity index (χ1) is 7.29. The summed E-state index contributed by atoms with van der Waals surface area (Å²) in [5.74, 6) is 1.10. The number of nitrogen functional groups attached to an aromatic ring is 1. The van der Waals surface area contributed by atoms with E-state index in [1.807, 2.05) is 18.2 Å². The van der Waals surface area contributed by atoms with Crippen molar-refractivity contribution in [2.24, 2.45) is 0 Å². The summed E-state index contributed by atoms with van der Waals surface area (Å²) in [6.45, 7) is 0. The fourth-order valence-corrected chi connectivity index (χ4v) is 1.28. The van der Waals surface area contributed by atoms with Crippen molar-refractivity contribution in [1.82, 2.24) is 9.97 Å². The number of pyridine rings is 2. The molecule has 2 aromatic heterocycles. The average Bonchev–Trinajstić information content (AvgIpc) is 2.30. The number of aromatic nitrogens is 2. The van der Waals surface area contributed by atoms with Gasteiger partial charge in [-0.2, -0.15) is 0 Å². The lowest BCUT2D eigenvalue weighted by Gasteiger charge is -2.03. The number of rotatable bonds is 2. The molecule has 0 unspecified atom stereocenters. The van der Waals surface area contributed by atoms with E-state index in [0.717, 1.165) is 11.1 Å². The second-order valence-electron chi connectivity index (χ2n) is 3.06. The topological polar surface area (TPSA) is 61.0 Å². The molecule has 0 aromatic carbocycles. The van der Waals surface area contributed by atoms with Crippen LogP contribution in [-0.2, 0) is 0 Å². The quantitative estimate of drug-likeness (QED) is 0.803. The van der Waals surface area contributed by atoms with Crippen molar-refractivity contribution in [2.45, 2.75) is 0 Å². The highest BCUT2D eigenvalue weighted by molar-refractivity contribution is 5.63. The Morgan fingerprint density at radius 1 is 1.13 bits per heavy atom. The van der Waals surface area contributed by atoms with Crippen molar-refractivity contribution < 1.29 is 4.74 Å². The number of hydrogen-bond donors (Lipinski definition) is 1. The first-order valence-corrected chi connectivity index (χ1v) is 4.51. The first kappa shape index (κ1) is 9.45. The normalized spacial score (nSPS) is 9.93. The van der Waals surface area contributed by atoms with Crippen LogP contribution in [0.15, 0.2) is 36.7 Å². The fraction of sp³-hybridized carbons (Fsp3) is 0.0909. The van der Waals surface area contributed by atoms with E-state index in [2.05, 4.69) is 9.97 Å². The molecule has 0 amide bonds. The minimum atomic E-state index is 0.514. The van der Waals surface area contributed by atoms with Crippen LogP contribution in [0.2, 0.25) is 0 Å². The van der Waals surface area contributed by atoms with Crippen LogP contribution in [0, 0.1) is 0 Å². The van der Waals surface area contributed by atoms with Gasteiger partial charge in [0.05, 0.1) is 7.11 Å². The molecule has 0 aliphatic heterocycles. The SMILES string of the molecule is COc1cc(-c2ccc(N)nc2)ccn1. The molecule has 2 aromatic rings. The van der Waals surface area contributed by atoms with E-state index in [1.165, 1.54) is 0 Å². The third-order valence-electron chi connectivity index (χ3n) is 2.06. The van der Waals surface area contributed by atoms with Gasteiger partial charge in [0.1, 0.15) is 5.82 Å². The average molecular weight is 201 g/mol. The molecular weight excluding hydrogens is 190 g/mol. The van der Waals surface area contributed by atoms with Crippen molar-refractivity contribution in [3.63, 3.8) is 0 Å². The molecule has 0 spiro atoms. The van der Waals surface area contributed by atoms with Crippen LogP contribution >= 0.6 is 0 Å². The Bertz CT molecular complexity index is 454. The van der Waals surface area contributed by atoms with Crippen molar-refractivity contribution in [3.05, 3.63) is 36.7 Å². The molecule has 0 fully saturated rings. The van der Waals surface area contributed by atoms with Gasteiger partial charge in [-0.05, 0) is 23.8 Å². The van der Waals surface area contributed by atoms with Crippen LogP contribution in [0.5, 0.6) is 5.88 Å². The maximum absolute atomic E-state index is 5.51. The monoisotopic (exact) mass is 201 g/mol. The molecule has 0 saturated carbocycles. The van der Waals surface area contributed by atoms with Crippen molar-refractivity contribution >= 4 is 5.82 Å². The molecular formula is C11H11N3O. The summed E-state index contributed by atoms with van der Waals surface area (Å²) >= 11 is 0. The Kier molecular flexibility index (Phi) is 2.49. The molecule has 0 atom stereocenters. The van der Waals surface area contributed by atoms with Gasteiger partial charge in [-0.1, -0.05) is 0 Å². The van der Waals surface area contributed by atoms with Crippen molar-refractivity contribution in [2.75, 3.05) is 12.8 Å². The lowest BCUT2D eigenvalue weighted by Crippen LogP contribution is -1.90. The van der Waals surface area contributed by atoms with Crippen LogP contribution in [0.4, 0.5) is 5.82 Å². The van der Waals surface area contributed by atoms with Gasteiger partial charge in [0.2, 0.25) is 5.88 Å². The molecule has 76 valence electrons. The van der Waals surface area contributed by atoms with Gasteiger partial charge in [-0.25, -0.2) is 9.97 Å². The van der Waals surface area contributed by atoms with Gasteiger partial charge in [-0.3, -0.25) is 0 Å². The molecule has 0 aliphatic carbocycles. The number of anilines is 1. The minimum Gasteiger partial charge on any atom is -0.481 e. The molecule has 2 N–H and O–H groups in total. The molecule has 15 heavy (non-hydrogen) atoms. The predicted octanol–water partition coefficient (Wildman–Crippen LogP) is 1.73. The lowest BCUT2D eigenvalue weighted by molar-refractivity contribution is 0.398. The predicted molar refractivity (Wildman–Crippen MR) is 58.4 cm³/mol. The van der Waals surface area contributed by atoms with E-state index in [-0.39, 0.29) is 0 Å². The summed E-state index contributed by atoms with van der Waals surface area (Å²) in [4.78, 5) is 8.06. The van der Waals surface area contributed by atoms with E-state index in [0.29, 0.717) is 11.7 Å². The second-order valence-corrected chi connectivity index (χ2v) is 3.06. The van der Waals surface area contributed by atoms with Gasteiger partial charge in [0.15, 0.2) is 0 Å². The van der Waals surface area contributed by atoms with Crippen LogP contribution in [-0.4, -0.2) is 17.1 Å². The smallest absolute Gasteiger partial charge is 0.213 e. The third-order valence-corrected chi connectivity index (χ3v) is 2.06. The number of nitrogens with two attached hydrogens (primary N) is 1. The Morgan fingerprint density at radius 2 is 2.00 bits per heavy atom. The van der Waals surface area contributed by atoms with Crippen molar-refractivity contribution in [1.29, 1.82) is 0 Å². The van der Waals surface area contributed by atoms with Gasteiger partial charge in [0, 0.05) is 24.0 Å². The first-order valence-electron chi connectivity index (χ1n) is 4.51. The molecule has 0 bridgehead atoms. The highest BCUT2D eigenvalue weighted by atomic mass is 16.5. The number of methoxy groups -OCH3 is 1. The molecule has 2 rings (SSSR count). The molecule has 0 aliphatic rings. The largest absolute Gasteiger partial charge is 0.481 e. The molecule has 2 heterocycles. The molecule has 4 heteroatoms. The number of nitrogens with zero attached hydrogens (tertiary/aromatic N) is 2. The van der Waals surface area contributed by atoms with E-state index >= 15 is 0 Å². The zero-order valence-electron chi connectivity index (χ0n) is 8.34. The lowest BCUT2D eigenvalue weighted by atomic mass is 10.1. The van der Waals surface area contributed by atoms with E-state index in [4.69, 9.17) is 10.5 Å². The Morgan fingerprint density at radius 3 is 2.67 bits per heavy atom. The molecule has 0 radical (unpaired) electrons. The maximum atomic E-state index is 5.51.